The van der Waals surface area contributed by atoms with Gasteiger partial charge < -0.3 is 9.84 Å². The third kappa shape index (κ3) is 2.81. The van der Waals surface area contributed by atoms with Crippen LogP contribution in [0.4, 0.5) is 0 Å². The Morgan fingerprint density at radius 3 is 2.26 bits per heavy atom. The molecule has 0 aromatic carbocycles. The summed E-state index contributed by atoms with van der Waals surface area (Å²) < 4.78 is 5.08. The van der Waals surface area contributed by atoms with Gasteiger partial charge in [0.15, 0.2) is 5.60 Å². The molecule has 2 aliphatic carbocycles. The van der Waals surface area contributed by atoms with E-state index in [0.717, 1.165) is 12.8 Å². The van der Waals surface area contributed by atoms with Crippen LogP contribution >= 0.6 is 0 Å². The minimum atomic E-state index is -1.25. The van der Waals surface area contributed by atoms with Gasteiger partial charge in [0.1, 0.15) is 0 Å². The van der Waals surface area contributed by atoms with E-state index in [1.807, 2.05) is 6.92 Å². The number of carbonyl (C=O) groups is 1. The smallest absolute Gasteiger partial charge is 0.338 e. The molecule has 2 aliphatic rings. The fourth-order valence-electron chi connectivity index (χ4n) is 4.19. The van der Waals surface area contributed by atoms with E-state index in [1.165, 1.54) is 38.5 Å². The van der Waals surface area contributed by atoms with Crippen molar-refractivity contribution in [3.05, 3.63) is 0 Å². The SMILES string of the molecule is CCOC(=O)C(O)(CC)C1CCC2(CCCC2)CC1. The Hall–Kier alpha value is -0.570. The first-order chi connectivity index (χ1) is 9.06. The summed E-state index contributed by atoms with van der Waals surface area (Å²) in [7, 11) is 0. The van der Waals surface area contributed by atoms with Crippen molar-refractivity contribution in [3.63, 3.8) is 0 Å². The summed E-state index contributed by atoms with van der Waals surface area (Å²) >= 11 is 0. The summed E-state index contributed by atoms with van der Waals surface area (Å²) in [5.74, 6) is -0.326. The predicted molar refractivity (Wildman–Crippen MR) is 74.7 cm³/mol. The number of esters is 1. The molecule has 0 saturated heterocycles. The van der Waals surface area contributed by atoms with Gasteiger partial charge in [0.2, 0.25) is 0 Å². The molecule has 110 valence electrons. The number of hydrogen-bond donors (Lipinski definition) is 1. The summed E-state index contributed by atoms with van der Waals surface area (Å²) in [6, 6.07) is 0. The third-order valence-corrected chi connectivity index (χ3v) is 5.55. The number of aliphatic hydroxyl groups is 1. The Balaban J connectivity index is 1.99. The lowest BCUT2D eigenvalue weighted by Crippen LogP contribution is -2.48. The molecule has 1 unspecified atom stereocenters. The Bertz CT molecular complexity index is 310. The van der Waals surface area contributed by atoms with Gasteiger partial charge in [-0.2, -0.15) is 0 Å². The van der Waals surface area contributed by atoms with Crippen molar-refractivity contribution in [1.29, 1.82) is 0 Å². The van der Waals surface area contributed by atoms with Crippen molar-refractivity contribution in [3.8, 4) is 0 Å². The van der Waals surface area contributed by atoms with Crippen LogP contribution in [0.1, 0.15) is 71.6 Å². The molecule has 0 radical (unpaired) electrons. The highest BCUT2D eigenvalue weighted by Gasteiger charge is 2.48. The summed E-state index contributed by atoms with van der Waals surface area (Å²) in [5.41, 5.74) is -0.712. The van der Waals surface area contributed by atoms with Crippen molar-refractivity contribution in [1.82, 2.24) is 0 Å². The molecule has 2 saturated carbocycles. The molecule has 0 bridgehead atoms. The second-order valence-corrected chi connectivity index (χ2v) is 6.48. The van der Waals surface area contributed by atoms with Gasteiger partial charge in [-0.3, -0.25) is 0 Å². The molecule has 0 heterocycles. The maximum atomic E-state index is 12.0. The first-order valence-electron chi connectivity index (χ1n) is 7.96. The Labute approximate surface area is 116 Å². The summed E-state index contributed by atoms with van der Waals surface area (Å²) in [5, 5.41) is 10.7. The standard InChI is InChI=1S/C16H28O3/c1-3-16(18,14(17)19-4-2)13-7-11-15(12-8-13)9-5-6-10-15/h13,18H,3-12H2,1-2H3. The fraction of sp³-hybridized carbons (Fsp3) is 0.938. The zero-order chi connectivity index (χ0) is 13.9. The molecule has 0 aromatic rings. The molecule has 1 atom stereocenters. The highest BCUT2D eigenvalue weighted by molar-refractivity contribution is 5.79. The van der Waals surface area contributed by atoms with Crippen molar-refractivity contribution >= 4 is 5.97 Å². The summed E-state index contributed by atoms with van der Waals surface area (Å²) in [4.78, 5) is 12.0. The lowest BCUT2D eigenvalue weighted by atomic mass is 9.65. The van der Waals surface area contributed by atoms with Crippen molar-refractivity contribution in [2.45, 2.75) is 77.2 Å². The quantitative estimate of drug-likeness (QED) is 0.794. The number of ether oxygens (including phenoxy) is 1. The lowest BCUT2D eigenvalue weighted by molar-refractivity contribution is -0.174. The van der Waals surface area contributed by atoms with E-state index in [4.69, 9.17) is 4.74 Å². The number of carbonyl (C=O) groups excluding carboxylic acids is 1. The summed E-state index contributed by atoms with van der Waals surface area (Å²) in [6.07, 6.45) is 10.2. The number of rotatable bonds is 4. The molecule has 2 rings (SSSR count). The van der Waals surface area contributed by atoms with Gasteiger partial charge in [-0.15, -0.1) is 0 Å². The highest BCUT2D eigenvalue weighted by atomic mass is 16.5. The van der Waals surface area contributed by atoms with Crippen molar-refractivity contribution in [2.75, 3.05) is 6.61 Å². The summed E-state index contributed by atoms with van der Waals surface area (Å²) in [6.45, 7) is 4.02. The van der Waals surface area contributed by atoms with Crippen LogP contribution in [-0.4, -0.2) is 23.3 Å². The monoisotopic (exact) mass is 268 g/mol. The number of hydrogen-bond acceptors (Lipinski definition) is 3. The Morgan fingerprint density at radius 1 is 1.21 bits per heavy atom. The highest BCUT2D eigenvalue weighted by Crippen LogP contribution is 2.52. The zero-order valence-electron chi connectivity index (χ0n) is 12.4. The van der Waals surface area contributed by atoms with E-state index < -0.39 is 11.6 Å². The average Bonchev–Trinajstić information content (AvgIpc) is 2.87. The molecule has 2 fully saturated rings. The molecule has 0 aliphatic heterocycles. The van der Waals surface area contributed by atoms with Crippen LogP contribution in [0, 0.1) is 11.3 Å². The van der Waals surface area contributed by atoms with E-state index in [9.17, 15) is 9.90 Å². The Morgan fingerprint density at radius 2 is 1.79 bits per heavy atom. The van der Waals surface area contributed by atoms with Crippen LogP contribution in [0.3, 0.4) is 0 Å². The van der Waals surface area contributed by atoms with Gasteiger partial charge in [0, 0.05) is 0 Å². The van der Waals surface area contributed by atoms with Crippen molar-refractivity contribution in [2.24, 2.45) is 11.3 Å². The van der Waals surface area contributed by atoms with E-state index in [2.05, 4.69) is 0 Å². The molecule has 0 aromatic heterocycles. The van der Waals surface area contributed by atoms with Crippen LogP contribution in [0.15, 0.2) is 0 Å². The topological polar surface area (TPSA) is 46.5 Å². The predicted octanol–water partition coefficient (Wildman–Crippen LogP) is 3.44. The maximum absolute atomic E-state index is 12.0. The van der Waals surface area contributed by atoms with Gasteiger partial charge in [-0.25, -0.2) is 4.79 Å². The minimum absolute atomic E-state index is 0.0859. The molecule has 1 N–H and O–H groups in total. The zero-order valence-corrected chi connectivity index (χ0v) is 12.4. The molecule has 3 heteroatoms. The van der Waals surface area contributed by atoms with Crippen LogP contribution in [0.5, 0.6) is 0 Å². The normalized spacial score (nSPS) is 26.3. The van der Waals surface area contributed by atoms with E-state index in [1.54, 1.807) is 6.92 Å². The van der Waals surface area contributed by atoms with Crippen LogP contribution in [0.25, 0.3) is 0 Å². The van der Waals surface area contributed by atoms with Gasteiger partial charge in [-0.1, -0.05) is 19.8 Å². The molecule has 3 nitrogen and oxygen atoms in total. The van der Waals surface area contributed by atoms with Gasteiger partial charge >= 0.3 is 5.97 Å². The first kappa shape index (κ1) is 14.8. The maximum Gasteiger partial charge on any atom is 0.338 e. The Kier molecular flexibility index (Phi) is 4.54. The lowest BCUT2D eigenvalue weighted by Gasteiger charge is -2.42. The molecule has 0 amide bonds. The van der Waals surface area contributed by atoms with Gasteiger partial charge in [-0.05, 0) is 63.2 Å². The average molecular weight is 268 g/mol. The van der Waals surface area contributed by atoms with Crippen molar-refractivity contribution < 1.29 is 14.6 Å². The van der Waals surface area contributed by atoms with Crippen LogP contribution in [0.2, 0.25) is 0 Å². The second kappa shape index (κ2) is 5.82. The molecular weight excluding hydrogens is 240 g/mol. The first-order valence-corrected chi connectivity index (χ1v) is 7.96. The minimum Gasteiger partial charge on any atom is -0.464 e. The van der Waals surface area contributed by atoms with Crippen LogP contribution in [-0.2, 0) is 9.53 Å². The molecular formula is C16H28O3. The van der Waals surface area contributed by atoms with E-state index in [-0.39, 0.29) is 5.92 Å². The van der Waals surface area contributed by atoms with Gasteiger partial charge in [0.05, 0.1) is 6.61 Å². The van der Waals surface area contributed by atoms with Crippen LogP contribution < -0.4 is 0 Å². The molecule has 19 heavy (non-hydrogen) atoms. The molecule has 1 spiro atoms. The van der Waals surface area contributed by atoms with Gasteiger partial charge in [0.25, 0.3) is 0 Å². The second-order valence-electron chi connectivity index (χ2n) is 6.48. The van der Waals surface area contributed by atoms with E-state index >= 15 is 0 Å². The van der Waals surface area contributed by atoms with E-state index in [0.29, 0.717) is 18.4 Å². The third-order valence-electron chi connectivity index (χ3n) is 5.55. The fourth-order valence-corrected chi connectivity index (χ4v) is 4.19. The largest absolute Gasteiger partial charge is 0.464 e.